The van der Waals surface area contributed by atoms with Crippen LogP contribution in [-0.4, -0.2) is 36.3 Å². The van der Waals surface area contributed by atoms with Crippen LogP contribution in [0.3, 0.4) is 0 Å². The molecule has 3 aromatic heterocycles. The lowest BCUT2D eigenvalue weighted by Crippen LogP contribution is -2.32. The van der Waals surface area contributed by atoms with E-state index >= 15 is 0 Å². The number of rotatable bonds is 7. The molecule has 0 spiro atoms. The number of fused-ring (bicyclic) bond motifs is 1. The molecular weight excluding hydrogens is 422 g/mol. The van der Waals surface area contributed by atoms with Crippen LogP contribution in [0.2, 0.25) is 0 Å². The first-order valence-electron chi connectivity index (χ1n) is 10.7. The number of aromatic nitrogens is 4. The van der Waals surface area contributed by atoms with Gasteiger partial charge in [-0.1, -0.05) is 36.0 Å². The first-order valence-corrected chi connectivity index (χ1v) is 11.7. The van der Waals surface area contributed by atoms with Crippen LogP contribution in [0, 0.1) is 0 Å². The highest BCUT2D eigenvalue weighted by Gasteiger charge is 2.22. The molecule has 7 nitrogen and oxygen atoms in total. The standard InChI is InChI=1S/C24H23N5O2S/c30-22(28(15-20-12-7-13-31-20)18-8-3-1-4-9-18)16-32-24-21-14-27-29(23(21)25-17-26-24)19-10-5-2-6-11-19/h2,5-8,10-14,17H,1,3-4,9,15-16H2. The van der Waals surface area contributed by atoms with E-state index in [1.165, 1.54) is 24.5 Å². The number of carbonyl (C=O) groups is 1. The van der Waals surface area contributed by atoms with Crippen LogP contribution < -0.4 is 0 Å². The van der Waals surface area contributed by atoms with Crippen molar-refractivity contribution in [3.63, 3.8) is 0 Å². The molecule has 32 heavy (non-hydrogen) atoms. The number of hydrogen-bond donors (Lipinski definition) is 0. The molecule has 0 radical (unpaired) electrons. The predicted molar refractivity (Wildman–Crippen MR) is 123 cm³/mol. The Bertz CT molecular complexity index is 1230. The molecule has 1 aliphatic carbocycles. The normalized spacial score (nSPS) is 13.8. The van der Waals surface area contributed by atoms with Gasteiger partial charge in [0, 0.05) is 5.70 Å². The monoisotopic (exact) mass is 445 g/mol. The van der Waals surface area contributed by atoms with Gasteiger partial charge in [0.25, 0.3) is 0 Å². The molecule has 0 atom stereocenters. The van der Waals surface area contributed by atoms with Crippen LogP contribution in [0.5, 0.6) is 0 Å². The van der Waals surface area contributed by atoms with Crippen LogP contribution in [0.4, 0.5) is 0 Å². The molecule has 0 fully saturated rings. The quantitative estimate of drug-likeness (QED) is 0.295. The van der Waals surface area contributed by atoms with Crippen molar-refractivity contribution >= 4 is 28.7 Å². The number of amides is 1. The minimum Gasteiger partial charge on any atom is -0.467 e. The maximum absolute atomic E-state index is 13.3. The number of allylic oxidation sites excluding steroid dienone is 2. The molecule has 162 valence electrons. The van der Waals surface area contributed by atoms with Crippen LogP contribution in [0.25, 0.3) is 16.7 Å². The average molecular weight is 446 g/mol. The third-order valence-electron chi connectivity index (χ3n) is 5.47. The van der Waals surface area contributed by atoms with Gasteiger partial charge in [-0.25, -0.2) is 14.6 Å². The largest absolute Gasteiger partial charge is 0.467 e. The van der Waals surface area contributed by atoms with Gasteiger partial charge in [-0.2, -0.15) is 5.10 Å². The summed E-state index contributed by atoms with van der Waals surface area (Å²) in [5.41, 5.74) is 2.74. The number of carbonyl (C=O) groups excluding carboxylic acids is 1. The highest BCUT2D eigenvalue weighted by atomic mass is 32.2. The average Bonchev–Trinajstić information content (AvgIpc) is 3.52. The molecule has 0 aliphatic heterocycles. The van der Waals surface area contributed by atoms with Crippen molar-refractivity contribution in [2.45, 2.75) is 37.3 Å². The molecule has 0 saturated carbocycles. The number of nitrogens with zero attached hydrogens (tertiary/aromatic N) is 5. The van der Waals surface area contributed by atoms with E-state index in [4.69, 9.17) is 4.42 Å². The van der Waals surface area contributed by atoms with E-state index in [0.29, 0.717) is 6.54 Å². The fraction of sp³-hybridized carbons (Fsp3) is 0.250. The second-order valence-corrected chi connectivity index (χ2v) is 8.56. The fourth-order valence-corrected chi connectivity index (χ4v) is 4.72. The summed E-state index contributed by atoms with van der Waals surface area (Å²) in [6.07, 6.45) is 11.3. The Balaban J connectivity index is 1.36. The lowest BCUT2D eigenvalue weighted by molar-refractivity contribution is -0.127. The number of hydrogen-bond acceptors (Lipinski definition) is 6. The zero-order chi connectivity index (χ0) is 21.8. The molecule has 3 heterocycles. The van der Waals surface area contributed by atoms with Crippen molar-refractivity contribution in [2.75, 3.05) is 5.75 Å². The summed E-state index contributed by atoms with van der Waals surface area (Å²) in [6.45, 7) is 0.448. The van der Waals surface area contributed by atoms with Gasteiger partial charge >= 0.3 is 0 Å². The third kappa shape index (κ3) is 4.31. The molecule has 8 heteroatoms. The van der Waals surface area contributed by atoms with E-state index < -0.39 is 0 Å². The predicted octanol–water partition coefficient (Wildman–Crippen LogP) is 4.99. The van der Waals surface area contributed by atoms with Gasteiger partial charge in [-0.05, 0) is 49.9 Å². The van der Waals surface area contributed by atoms with Crippen LogP contribution >= 0.6 is 11.8 Å². The van der Waals surface area contributed by atoms with Gasteiger partial charge in [0.05, 0.1) is 35.8 Å². The zero-order valence-electron chi connectivity index (χ0n) is 17.6. The molecule has 1 aromatic carbocycles. The Kier molecular flexibility index (Phi) is 6.02. The minimum absolute atomic E-state index is 0.0433. The van der Waals surface area contributed by atoms with Crippen LogP contribution in [0.1, 0.15) is 31.4 Å². The molecule has 1 aliphatic rings. The lowest BCUT2D eigenvalue weighted by atomic mass is 10.0. The van der Waals surface area contributed by atoms with Gasteiger partial charge in [0.2, 0.25) is 5.91 Å². The van der Waals surface area contributed by atoms with Gasteiger partial charge in [-0.15, -0.1) is 0 Å². The van der Waals surface area contributed by atoms with Gasteiger partial charge in [0.15, 0.2) is 5.65 Å². The third-order valence-corrected chi connectivity index (χ3v) is 6.46. The molecule has 1 amide bonds. The Labute approximate surface area is 190 Å². The Morgan fingerprint density at radius 3 is 2.81 bits per heavy atom. The second kappa shape index (κ2) is 9.40. The maximum Gasteiger partial charge on any atom is 0.237 e. The van der Waals surface area contributed by atoms with E-state index in [9.17, 15) is 4.79 Å². The number of benzene rings is 1. The van der Waals surface area contributed by atoms with E-state index in [0.717, 1.165) is 52.5 Å². The summed E-state index contributed by atoms with van der Waals surface area (Å²) in [6, 6.07) is 13.6. The van der Waals surface area contributed by atoms with E-state index in [1.54, 1.807) is 17.1 Å². The maximum atomic E-state index is 13.3. The minimum atomic E-state index is 0.0433. The summed E-state index contributed by atoms with van der Waals surface area (Å²) in [4.78, 5) is 24.0. The zero-order valence-corrected chi connectivity index (χ0v) is 18.4. The number of furan rings is 1. The highest BCUT2D eigenvalue weighted by molar-refractivity contribution is 8.00. The molecule has 4 aromatic rings. The smallest absolute Gasteiger partial charge is 0.237 e. The first kappa shape index (κ1) is 20.5. The molecule has 0 bridgehead atoms. The SMILES string of the molecule is O=C(CSc1ncnc2c1cnn2-c1ccccc1)N(Cc1ccco1)C1=CCCCC1. The lowest BCUT2D eigenvalue weighted by Gasteiger charge is -2.27. The van der Waals surface area contributed by atoms with Gasteiger partial charge in [-0.3, -0.25) is 4.79 Å². The van der Waals surface area contributed by atoms with Crippen molar-refractivity contribution in [1.82, 2.24) is 24.6 Å². The van der Waals surface area contributed by atoms with Crippen molar-refractivity contribution in [1.29, 1.82) is 0 Å². The van der Waals surface area contributed by atoms with Crippen molar-refractivity contribution < 1.29 is 9.21 Å². The van der Waals surface area contributed by atoms with Gasteiger partial charge < -0.3 is 9.32 Å². The summed E-state index contributed by atoms with van der Waals surface area (Å²) < 4.78 is 7.30. The Hall–Kier alpha value is -3.39. The highest BCUT2D eigenvalue weighted by Crippen LogP contribution is 2.28. The van der Waals surface area contributed by atoms with Crippen LogP contribution in [-0.2, 0) is 11.3 Å². The summed E-state index contributed by atoms with van der Waals surface area (Å²) in [7, 11) is 0. The Morgan fingerprint density at radius 2 is 2.03 bits per heavy atom. The fourth-order valence-electron chi connectivity index (χ4n) is 3.88. The van der Waals surface area contributed by atoms with E-state index in [1.807, 2.05) is 47.4 Å². The van der Waals surface area contributed by atoms with Crippen LogP contribution in [0.15, 0.2) is 82.5 Å². The summed E-state index contributed by atoms with van der Waals surface area (Å²) in [5, 5.41) is 6.08. The Morgan fingerprint density at radius 1 is 1.12 bits per heavy atom. The van der Waals surface area contributed by atoms with Crippen molar-refractivity contribution in [3.05, 3.63) is 78.8 Å². The van der Waals surface area contributed by atoms with E-state index in [-0.39, 0.29) is 11.7 Å². The molecule has 5 rings (SSSR count). The first-order chi connectivity index (χ1) is 15.8. The van der Waals surface area contributed by atoms with Crippen molar-refractivity contribution in [3.8, 4) is 5.69 Å². The molecule has 0 unspecified atom stereocenters. The molecule has 0 saturated heterocycles. The van der Waals surface area contributed by atoms with Gasteiger partial charge in [0.1, 0.15) is 17.1 Å². The molecular formula is C24H23N5O2S. The number of thioether (sulfide) groups is 1. The summed E-state index contributed by atoms with van der Waals surface area (Å²) in [5.74, 6) is 1.10. The second-order valence-electron chi connectivity index (χ2n) is 7.60. The topological polar surface area (TPSA) is 77.1 Å². The summed E-state index contributed by atoms with van der Waals surface area (Å²) >= 11 is 1.42. The number of para-hydroxylation sites is 1. The molecule has 0 N–H and O–H groups in total. The van der Waals surface area contributed by atoms with Crippen molar-refractivity contribution in [2.24, 2.45) is 0 Å². The van der Waals surface area contributed by atoms with E-state index in [2.05, 4.69) is 21.1 Å².